The number of aryl methyl sites for hydroxylation is 1. The molecule has 0 bridgehead atoms. The SMILES string of the molecule is COc1c(C)ccc(CS(=O)(=O)Cl)c1OC. The van der Waals surface area contributed by atoms with Crippen molar-refractivity contribution in [3.8, 4) is 11.5 Å². The lowest BCUT2D eigenvalue weighted by molar-refractivity contribution is 0.350. The molecule has 0 radical (unpaired) electrons. The Morgan fingerprint density at radius 2 is 1.75 bits per heavy atom. The van der Waals surface area contributed by atoms with Crippen LogP contribution in [0.3, 0.4) is 0 Å². The smallest absolute Gasteiger partial charge is 0.236 e. The summed E-state index contributed by atoms with van der Waals surface area (Å²) in [7, 11) is 4.56. The summed E-state index contributed by atoms with van der Waals surface area (Å²) >= 11 is 0. The third kappa shape index (κ3) is 3.02. The fourth-order valence-corrected chi connectivity index (χ4v) is 2.43. The molecule has 0 saturated heterocycles. The summed E-state index contributed by atoms with van der Waals surface area (Å²) in [5.74, 6) is 0.654. The molecule has 1 aromatic rings. The van der Waals surface area contributed by atoms with E-state index in [9.17, 15) is 8.42 Å². The highest BCUT2D eigenvalue weighted by Gasteiger charge is 2.17. The predicted octanol–water partition coefficient (Wildman–Crippen LogP) is 2.08. The Balaban J connectivity index is 3.30. The summed E-state index contributed by atoms with van der Waals surface area (Å²) in [6, 6.07) is 3.43. The Bertz CT molecular complexity index is 482. The molecule has 90 valence electrons. The Morgan fingerprint density at radius 3 is 2.19 bits per heavy atom. The molecule has 0 aromatic heterocycles. The molecule has 0 N–H and O–H groups in total. The molecule has 6 heteroatoms. The van der Waals surface area contributed by atoms with Crippen molar-refractivity contribution in [3.05, 3.63) is 23.3 Å². The molecule has 1 aromatic carbocycles. The number of rotatable bonds is 4. The quantitative estimate of drug-likeness (QED) is 0.782. The lowest BCUT2D eigenvalue weighted by atomic mass is 10.1. The fourth-order valence-electron chi connectivity index (χ4n) is 1.48. The van der Waals surface area contributed by atoms with Gasteiger partial charge in [0.2, 0.25) is 9.05 Å². The van der Waals surface area contributed by atoms with Crippen LogP contribution >= 0.6 is 10.7 Å². The van der Waals surface area contributed by atoms with Crippen LogP contribution in [0.2, 0.25) is 0 Å². The van der Waals surface area contributed by atoms with Crippen LogP contribution in [0, 0.1) is 6.92 Å². The first-order chi connectivity index (χ1) is 7.39. The normalized spacial score (nSPS) is 11.2. The van der Waals surface area contributed by atoms with Crippen molar-refractivity contribution in [1.82, 2.24) is 0 Å². The van der Waals surface area contributed by atoms with E-state index in [1.165, 1.54) is 14.2 Å². The van der Waals surface area contributed by atoms with Crippen molar-refractivity contribution >= 4 is 19.7 Å². The molecule has 4 nitrogen and oxygen atoms in total. The zero-order valence-corrected chi connectivity index (χ0v) is 10.9. The number of hydrogen-bond donors (Lipinski definition) is 0. The summed E-state index contributed by atoms with van der Waals surface area (Å²) in [5, 5.41) is 0. The zero-order valence-electron chi connectivity index (χ0n) is 9.28. The van der Waals surface area contributed by atoms with E-state index >= 15 is 0 Å². The van der Waals surface area contributed by atoms with Gasteiger partial charge in [0.15, 0.2) is 11.5 Å². The molecular formula is C10H13ClO4S. The molecule has 0 aliphatic carbocycles. The highest BCUT2D eigenvalue weighted by atomic mass is 35.7. The van der Waals surface area contributed by atoms with Gasteiger partial charge in [-0.3, -0.25) is 0 Å². The van der Waals surface area contributed by atoms with Crippen LogP contribution in [0.4, 0.5) is 0 Å². The van der Waals surface area contributed by atoms with E-state index in [0.29, 0.717) is 17.1 Å². The molecule has 0 aliphatic rings. The topological polar surface area (TPSA) is 52.6 Å². The van der Waals surface area contributed by atoms with Gasteiger partial charge in [-0.25, -0.2) is 8.42 Å². The van der Waals surface area contributed by atoms with Crippen molar-refractivity contribution in [3.63, 3.8) is 0 Å². The van der Waals surface area contributed by atoms with Crippen molar-refractivity contribution in [2.45, 2.75) is 12.7 Å². The van der Waals surface area contributed by atoms with Crippen LogP contribution in [0.5, 0.6) is 11.5 Å². The molecule has 0 amide bonds. The second-order valence-electron chi connectivity index (χ2n) is 3.29. The molecule has 0 saturated carbocycles. The molecule has 1 rings (SSSR count). The van der Waals surface area contributed by atoms with Gasteiger partial charge in [0.05, 0.1) is 20.0 Å². The lowest BCUT2D eigenvalue weighted by Crippen LogP contribution is -2.01. The number of halogens is 1. The first-order valence-electron chi connectivity index (χ1n) is 4.52. The Hall–Kier alpha value is -0.940. The van der Waals surface area contributed by atoms with Crippen molar-refractivity contribution in [1.29, 1.82) is 0 Å². The Kier molecular flexibility index (Phi) is 4.04. The first kappa shape index (κ1) is 13.1. The maximum Gasteiger partial charge on any atom is 0.236 e. The van der Waals surface area contributed by atoms with Gasteiger partial charge in [0, 0.05) is 16.2 Å². The van der Waals surface area contributed by atoms with Crippen LogP contribution in [-0.4, -0.2) is 22.6 Å². The first-order valence-corrected chi connectivity index (χ1v) is 6.99. The summed E-state index contributed by atoms with van der Waals surface area (Å²) in [4.78, 5) is 0. The maximum absolute atomic E-state index is 11.0. The highest BCUT2D eigenvalue weighted by Crippen LogP contribution is 2.35. The van der Waals surface area contributed by atoms with Gasteiger partial charge in [-0.05, 0) is 12.5 Å². The third-order valence-electron chi connectivity index (χ3n) is 2.13. The average Bonchev–Trinajstić information content (AvgIpc) is 2.18. The summed E-state index contributed by atoms with van der Waals surface area (Å²) in [5.41, 5.74) is 1.36. The van der Waals surface area contributed by atoms with Crippen LogP contribution in [0.25, 0.3) is 0 Å². The van der Waals surface area contributed by atoms with E-state index in [2.05, 4.69) is 0 Å². The molecule has 0 atom stereocenters. The Labute approximate surface area is 99.6 Å². The molecule has 0 aliphatic heterocycles. The van der Waals surface area contributed by atoms with Gasteiger partial charge in [-0.1, -0.05) is 12.1 Å². The standard InChI is InChI=1S/C10H13ClO4S/c1-7-4-5-8(6-16(11,12)13)10(15-3)9(7)14-2/h4-5H,6H2,1-3H3. The largest absolute Gasteiger partial charge is 0.493 e. The van der Waals surface area contributed by atoms with Crippen LogP contribution < -0.4 is 9.47 Å². The van der Waals surface area contributed by atoms with Gasteiger partial charge >= 0.3 is 0 Å². The average molecular weight is 265 g/mol. The van der Waals surface area contributed by atoms with E-state index in [4.69, 9.17) is 20.2 Å². The van der Waals surface area contributed by atoms with Crippen molar-refractivity contribution in [2.24, 2.45) is 0 Å². The van der Waals surface area contributed by atoms with E-state index in [1.54, 1.807) is 12.1 Å². The highest BCUT2D eigenvalue weighted by molar-refractivity contribution is 8.13. The van der Waals surface area contributed by atoms with Crippen LogP contribution in [0.1, 0.15) is 11.1 Å². The van der Waals surface area contributed by atoms with Gasteiger partial charge in [-0.15, -0.1) is 0 Å². The molecule has 0 spiro atoms. The van der Waals surface area contributed by atoms with Gasteiger partial charge in [0.25, 0.3) is 0 Å². The van der Waals surface area contributed by atoms with Gasteiger partial charge in [0.1, 0.15) is 0 Å². The van der Waals surface area contributed by atoms with Gasteiger partial charge < -0.3 is 9.47 Å². The Morgan fingerprint density at radius 1 is 1.19 bits per heavy atom. The summed E-state index contributed by atoms with van der Waals surface area (Å²) in [6.45, 7) is 1.85. The maximum atomic E-state index is 11.0. The molecule has 0 unspecified atom stereocenters. The number of benzene rings is 1. The minimum atomic E-state index is -3.61. The number of hydrogen-bond acceptors (Lipinski definition) is 4. The molecule has 16 heavy (non-hydrogen) atoms. The van der Waals surface area contributed by atoms with E-state index in [0.717, 1.165) is 5.56 Å². The van der Waals surface area contributed by atoms with Crippen LogP contribution in [-0.2, 0) is 14.8 Å². The second kappa shape index (κ2) is 4.93. The number of methoxy groups -OCH3 is 2. The van der Waals surface area contributed by atoms with Crippen LogP contribution in [0.15, 0.2) is 12.1 Å². The van der Waals surface area contributed by atoms with E-state index < -0.39 is 9.05 Å². The zero-order chi connectivity index (χ0) is 12.3. The second-order valence-corrected chi connectivity index (χ2v) is 6.07. The van der Waals surface area contributed by atoms with Crippen molar-refractivity contribution in [2.75, 3.05) is 14.2 Å². The fraction of sp³-hybridized carbons (Fsp3) is 0.400. The lowest BCUT2D eigenvalue weighted by Gasteiger charge is -2.13. The van der Waals surface area contributed by atoms with Gasteiger partial charge in [-0.2, -0.15) is 0 Å². The number of ether oxygens (including phenoxy) is 2. The third-order valence-corrected chi connectivity index (χ3v) is 3.11. The molecular weight excluding hydrogens is 252 g/mol. The summed E-state index contributed by atoms with van der Waals surface area (Å²) < 4.78 is 32.4. The minimum absolute atomic E-state index is 0.283. The monoisotopic (exact) mass is 264 g/mol. The summed E-state index contributed by atoms with van der Waals surface area (Å²) in [6.07, 6.45) is 0. The minimum Gasteiger partial charge on any atom is -0.493 e. The van der Waals surface area contributed by atoms with Crippen molar-refractivity contribution < 1.29 is 17.9 Å². The molecule has 0 fully saturated rings. The van der Waals surface area contributed by atoms with E-state index in [-0.39, 0.29) is 5.75 Å². The molecule has 0 heterocycles. The predicted molar refractivity (Wildman–Crippen MR) is 62.8 cm³/mol. The van der Waals surface area contributed by atoms with E-state index in [1.807, 2.05) is 6.92 Å².